The van der Waals surface area contributed by atoms with Gasteiger partial charge in [0.25, 0.3) is 0 Å². The summed E-state index contributed by atoms with van der Waals surface area (Å²) >= 11 is 0. The van der Waals surface area contributed by atoms with E-state index in [9.17, 15) is 19.2 Å². The number of rotatable bonds is 11. The van der Waals surface area contributed by atoms with Gasteiger partial charge in [0.2, 0.25) is 0 Å². The minimum Gasteiger partial charge on any atom is -0.480 e. The van der Waals surface area contributed by atoms with E-state index in [4.69, 9.17) is 20.4 Å². The van der Waals surface area contributed by atoms with Crippen LogP contribution in [-0.4, -0.2) is 128 Å². The number of hydrogen-bond donors (Lipinski definition) is 4. The Bertz CT molecular complexity index is 329. The molecular weight excluding hydrogens is 371 g/mol. The summed E-state index contributed by atoms with van der Waals surface area (Å²) in [5.41, 5.74) is 0. The summed E-state index contributed by atoms with van der Waals surface area (Å²) in [6.07, 6.45) is 0. The van der Waals surface area contributed by atoms with E-state index in [0.29, 0.717) is 0 Å². The van der Waals surface area contributed by atoms with E-state index < -0.39 is 50.1 Å². The van der Waals surface area contributed by atoms with Crippen molar-refractivity contribution < 1.29 is 62.1 Å². The molecule has 0 aromatic rings. The molecule has 0 aliphatic carbocycles. The van der Waals surface area contributed by atoms with Crippen LogP contribution in [0.4, 0.5) is 0 Å². The first-order valence-electron chi connectivity index (χ1n) is 5.52. The zero-order chi connectivity index (χ0) is 15.7. The third-order valence-electron chi connectivity index (χ3n) is 2.17. The van der Waals surface area contributed by atoms with E-state index in [1.807, 2.05) is 0 Å². The first kappa shape index (κ1) is 30.2. The largest absolute Gasteiger partial charge is 0.480 e. The molecule has 23 heavy (non-hydrogen) atoms. The Hall–Kier alpha value is -0.721. The molecule has 0 unspecified atom stereocenters. The van der Waals surface area contributed by atoms with Crippen molar-refractivity contribution in [3.05, 3.63) is 0 Å². The number of carbonyl (C=O) groups is 4. The average Bonchev–Trinajstić information content (AvgIpc) is 2.22. The minimum absolute atomic E-state index is 0. The quantitative estimate of drug-likeness (QED) is 0.261. The molecule has 1 radical (unpaired) electrons. The third-order valence-corrected chi connectivity index (χ3v) is 2.17. The Kier molecular flexibility index (Phi) is 21.2. The predicted octanol–water partition coefficient (Wildman–Crippen LogP) is -3.28. The van der Waals surface area contributed by atoms with Crippen molar-refractivity contribution in [3.8, 4) is 0 Å². The summed E-state index contributed by atoms with van der Waals surface area (Å²) in [7, 11) is 0. The maximum Gasteiger partial charge on any atom is 0.317 e. The van der Waals surface area contributed by atoms with Crippen molar-refractivity contribution in [2.45, 2.75) is 0 Å². The van der Waals surface area contributed by atoms with Gasteiger partial charge in [0, 0.05) is 59.7 Å². The SMILES string of the molecule is O.O=C(O)CN(CCN(CC(=O)O)CC(=O)O)CC(=O)O.[Fe].[Na]. The van der Waals surface area contributed by atoms with Gasteiger partial charge in [0.15, 0.2) is 0 Å². The molecule has 0 aliphatic heterocycles. The number of carboxylic acids is 4. The molecule has 0 bridgehead atoms. The molecule has 0 saturated carbocycles. The standard InChI is InChI=1S/C10H16N2O8.Fe.Na.H2O/c13-7(14)3-11(4-8(15)16)1-2-12(5-9(17)18)6-10(19)20;;;/h1-6H2,(H,13,14)(H,15,16)(H,17,18)(H,19,20);;;1H2. The maximum atomic E-state index is 10.6. The van der Waals surface area contributed by atoms with Gasteiger partial charge in [-0.05, 0) is 0 Å². The topological polar surface area (TPSA) is 187 Å². The first-order valence-corrected chi connectivity index (χ1v) is 5.52. The summed E-state index contributed by atoms with van der Waals surface area (Å²) < 4.78 is 0. The second kappa shape index (κ2) is 16.1. The Labute approximate surface area is 164 Å². The summed E-state index contributed by atoms with van der Waals surface area (Å²) in [4.78, 5) is 44.4. The fraction of sp³-hybridized carbons (Fsp3) is 0.600. The van der Waals surface area contributed by atoms with Crippen LogP contribution in [0, 0.1) is 0 Å². The van der Waals surface area contributed by atoms with Gasteiger partial charge in [-0.15, -0.1) is 0 Å². The second-order valence-electron chi connectivity index (χ2n) is 4.00. The van der Waals surface area contributed by atoms with Crippen LogP contribution in [0.15, 0.2) is 0 Å². The Morgan fingerprint density at radius 3 is 0.913 bits per heavy atom. The molecule has 0 aromatic carbocycles. The predicted molar refractivity (Wildman–Crippen MR) is 72.8 cm³/mol. The van der Waals surface area contributed by atoms with Crippen LogP contribution in [0.2, 0.25) is 0 Å². The third kappa shape index (κ3) is 19.2. The molecule has 0 spiro atoms. The van der Waals surface area contributed by atoms with Crippen LogP contribution in [0.1, 0.15) is 0 Å². The van der Waals surface area contributed by atoms with Crippen LogP contribution < -0.4 is 0 Å². The molecule has 131 valence electrons. The van der Waals surface area contributed by atoms with Crippen LogP contribution in [0.25, 0.3) is 0 Å². The summed E-state index contributed by atoms with van der Waals surface area (Å²) in [5.74, 6) is -4.91. The Balaban J connectivity index is -0.000000602. The van der Waals surface area contributed by atoms with E-state index in [0.717, 1.165) is 9.80 Å². The molecule has 0 amide bonds. The fourth-order valence-corrected chi connectivity index (χ4v) is 1.48. The van der Waals surface area contributed by atoms with Crippen molar-refractivity contribution in [3.63, 3.8) is 0 Å². The first-order chi connectivity index (χ1) is 9.20. The van der Waals surface area contributed by atoms with E-state index in [2.05, 4.69) is 0 Å². The van der Waals surface area contributed by atoms with E-state index in [1.165, 1.54) is 0 Å². The molecule has 0 fully saturated rings. The number of aliphatic carboxylic acids is 4. The van der Waals surface area contributed by atoms with Gasteiger partial charge in [-0.1, -0.05) is 0 Å². The van der Waals surface area contributed by atoms with E-state index in [-0.39, 0.29) is 65.2 Å². The van der Waals surface area contributed by atoms with Crippen molar-refractivity contribution in [2.75, 3.05) is 39.3 Å². The van der Waals surface area contributed by atoms with Gasteiger partial charge in [0.05, 0.1) is 26.2 Å². The molecule has 0 aliphatic rings. The van der Waals surface area contributed by atoms with E-state index >= 15 is 0 Å². The van der Waals surface area contributed by atoms with Crippen LogP contribution in [0.3, 0.4) is 0 Å². The maximum absolute atomic E-state index is 10.6. The molecule has 13 heteroatoms. The van der Waals surface area contributed by atoms with Gasteiger partial charge in [-0.25, -0.2) is 0 Å². The monoisotopic (exact) mass is 389 g/mol. The van der Waals surface area contributed by atoms with Crippen LogP contribution >= 0.6 is 0 Å². The zero-order valence-electron chi connectivity index (χ0n) is 12.4. The van der Waals surface area contributed by atoms with E-state index in [1.54, 1.807) is 0 Å². The number of hydrogen-bond acceptors (Lipinski definition) is 6. The van der Waals surface area contributed by atoms with Crippen LogP contribution in [0.5, 0.6) is 0 Å². The molecule has 0 saturated heterocycles. The van der Waals surface area contributed by atoms with Gasteiger partial charge in [-0.2, -0.15) is 0 Å². The van der Waals surface area contributed by atoms with Gasteiger partial charge in [0.1, 0.15) is 0 Å². The summed E-state index contributed by atoms with van der Waals surface area (Å²) in [5, 5.41) is 34.5. The van der Waals surface area contributed by atoms with Crippen molar-refractivity contribution in [1.82, 2.24) is 9.80 Å². The van der Waals surface area contributed by atoms with Crippen molar-refractivity contribution >= 4 is 53.4 Å². The molecule has 11 nitrogen and oxygen atoms in total. The van der Waals surface area contributed by atoms with Crippen LogP contribution in [-0.2, 0) is 36.2 Å². The molecule has 0 rings (SSSR count). The second-order valence-corrected chi connectivity index (χ2v) is 4.00. The Morgan fingerprint density at radius 2 is 0.783 bits per heavy atom. The molecule has 0 heterocycles. The molecule has 6 N–H and O–H groups in total. The number of carboxylic acid groups (broad SMARTS) is 4. The van der Waals surface area contributed by atoms with Crippen molar-refractivity contribution in [1.29, 1.82) is 0 Å². The zero-order valence-corrected chi connectivity index (χ0v) is 15.5. The normalized spacial score (nSPS) is 9.30. The van der Waals surface area contributed by atoms with Crippen molar-refractivity contribution in [2.24, 2.45) is 0 Å². The van der Waals surface area contributed by atoms with Gasteiger partial charge in [-0.3, -0.25) is 29.0 Å². The summed E-state index contributed by atoms with van der Waals surface area (Å²) in [6, 6.07) is 0. The summed E-state index contributed by atoms with van der Waals surface area (Å²) in [6.45, 7) is -2.25. The van der Waals surface area contributed by atoms with Gasteiger partial charge >= 0.3 is 23.9 Å². The van der Waals surface area contributed by atoms with Gasteiger partial charge < -0.3 is 25.9 Å². The Morgan fingerprint density at radius 1 is 0.609 bits per heavy atom. The number of nitrogens with zero attached hydrogens (tertiary/aromatic N) is 2. The molecular formula is C10H18FeN2NaO9. The fourth-order valence-electron chi connectivity index (χ4n) is 1.48. The molecule has 0 aromatic heterocycles. The minimum atomic E-state index is -1.23. The molecule has 0 atom stereocenters. The average molecular weight is 389 g/mol. The smallest absolute Gasteiger partial charge is 0.317 e.